The van der Waals surface area contributed by atoms with Crippen LogP contribution in [-0.2, 0) is 12.8 Å². The van der Waals surface area contributed by atoms with Gasteiger partial charge in [-0.1, -0.05) is 0 Å². The van der Waals surface area contributed by atoms with Crippen molar-refractivity contribution in [3.05, 3.63) is 48.4 Å². The van der Waals surface area contributed by atoms with Crippen LogP contribution in [0.5, 0.6) is 0 Å². The molecule has 0 aromatic carbocycles. The molecule has 6 heteroatoms. The Balaban J connectivity index is 1.44. The molecule has 0 N–H and O–H groups in total. The fraction of sp³-hybridized carbons (Fsp3) is 0.200. The lowest BCUT2D eigenvalue weighted by molar-refractivity contribution is 0.489. The van der Waals surface area contributed by atoms with E-state index in [1.807, 2.05) is 24.3 Å². The minimum atomic E-state index is 0.651. The maximum absolute atomic E-state index is 5.63. The summed E-state index contributed by atoms with van der Waals surface area (Å²) < 4.78 is 11.3. The average molecular weight is 280 g/mol. The van der Waals surface area contributed by atoms with E-state index in [0.29, 0.717) is 23.1 Å². The summed E-state index contributed by atoms with van der Waals surface area (Å²) in [5.41, 5.74) is 2.74. The zero-order valence-corrected chi connectivity index (χ0v) is 11.2. The lowest BCUT2D eigenvalue weighted by atomic mass is 10.2. The summed E-state index contributed by atoms with van der Waals surface area (Å²) >= 11 is 0. The van der Waals surface area contributed by atoms with E-state index in [9.17, 15) is 0 Å². The summed E-state index contributed by atoms with van der Waals surface area (Å²) in [6.07, 6.45) is 5.71. The van der Waals surface area contributed by atoms with Crippen molar-refractivity contribution in [1.82, 2.24) is 19.9 Å². The topological polar surface area (TPSA) is 77.8 Å². The Bertz CT molecular complexity index is 757. The zero-order valence-electron chi connectivity index (χ0n) is 11.2. The summed E-state index contributed by atoms with van der Waals surface area (Å²) in [5.74, 6) is 1.39. The molecule has 0 saturated carbocycles. The largest absolute Gasteiger partial charge is 0.439 e. The number of oxazole rings is 2. The molecule has 4 heterocycles. The number of hydrogen-bond acceptors (Lipinski definition) is 6. The molecule has 6 nitrogen and oxygen atoms in total. The van der Waals surface area contributed by atoms with Gasteiger partial charge < -0.3 is 8.83 Å². The van der Waals surface area contributed by atoms with E-state index in [4.69, 9.17) is 8.83 Å². The summed E-state index contributed by atoms with van der Waals surface area (Å²) in [6, 6.07) is 7.40. The Morgan fingerprint density at radius 1 is 0.762 bits per heavy atom. The summed E-state index contributed by atoms with van der Waals surface area (Å²) in [6.45, 7) is 0. The number of nitrogens with zero attached hydrogens (tertiary/aromatic N) is 4. The molecule has 0 bridgehead atoms. The second kappa shape index (κ2) is 4.97. The highest BCUT2D eigenvalue weighted by atomic mass is 16.4. The molecule has 0 spiro atoms. The molecule has 0 radical (unpaired) electrons. The van der Waals surface area contributed by atoms with Crippen molar-refractivity contribution in [2.75, 3.05) is 0 Å². The Morgan fingerprint density at radius 2 is 1.29 bits per heavy atom. The Labute approximate surface area is 119 Å². The normalized spacial score (nSPS) is 11.4. The molecule has 0 fully saturated rings. The van der Waals surface area contributed by atoms with Gasteiger partial charge in [-0.05, 0) is 30.7 Å². The molecule has 0 aliphatic heterocycles. The van der Waals surface area contributed by atoms with Gasteiger partial charge >= 0.3 is 0 Å². The monoisotopic (exact) mass is 280 g/mol. The number of pyridine rings is 2. The Kier molecular flexibility index (Phi) is 2.85. The standard InChI is InChI=1S/C15H12N4O2/c1(6-12-18-14-10(20-12)4-2-8-16-14)7-13-19-15-11(21-13)5-3-9-17-15/h2-5,8-9H,1,6-7H2. The van der Waals surface area contributed by atoms with E-state index in [1.54, 1.807) is 12.4 Å². The highest BCUT2D eigenvalue weighted by Crippen LogP contribution is 2.16. The number of rotatable bonds is 4. The van der Waals surface area contributed by atoms with Gasteiger partial charge in [0, 0.05) is 25.2 Å². The van der Waals surface area contributed by atoms with Crippen molar-refractivity contribution in [3.63, 3.8) is 0 Å². The smallest absolute Gasteiger partial charge is 0.198 e. The molecule has 0 aliphatic carbocycles. The molecule has 104 valence electrons. The minimum Gasteiger partial charge on any atom is -0.439 e. The lowest BCUT2D eigenvalue weighted by Crippen LogP contribution is -1.90. The van der Waals surface area contributed by atoms with Crippen LogP contribution in [0.2, 0.25) is 0 Å². The third-order valence-electron chi connectivity index (χ3n) is 3.20. The first kappa shape index (κ1) is 12.0. The van der Waals surface area contributed by atoms with Gasteiger partial charge in [0.15, 0.2) is 34.2 Å². The average Bonchev–Trinajstić information content (AvgIpc) is 3.09. The van der Waals surface area contributed by atoms with Crippen LogP contribution in [0.4, 0.5) is 0 Å². The van der Waals surface area contributed by atoms with Gasteiger partial charge in [0.05, 0.1) is 0 Å². The van der Waals surface area contributed by atoms with Gasteiger partial charge in [-0.25, -0.2) is 9.97 Å². The van der Waals surface area contributed by atoms with Gasteiger partial charge in [-0.3, -0.25) is 0 Å². The predicted molar refractivity (Wildman–Crippen MR) is 75.6 cm³/mol. The van der Waals surface area contributed by atoms with Gasteiger partial charge in [0.25, 0.3) is 0 Å². The van der Waals surface area contributed by atoms with Crippen LogP contribution in [0.3, 0.4) is 0 Å². The van der Waals surface area contributed by atoms with E-state index in [1.165, 1.54) is 0 Å². The highest BCUT2D eigenvalue weighted by Gasteiger charge is 2.09. The molecule has 4 rings (SSSR count). The first-order valence-electron chi connectivity index (χ1n) is 6.79. The van der Waals surface area contributed by atoms with Crippen molar-refractivity contribution in [2.24, 2.45) is 0 Å². The van der Waals surface area contributed by atoms with Crippen molar-refractivity contribution in [2.45, 2.75) is 19.3 Å². The van der Waals surface area contributed by atoms with Gasteiger partial charge in [0.1, 0.15) is 0 Å². The molecule has 0 amide bonds. The second-order valence-corrected chi connectivity index (χ2v) is 4.72. The number of aromatic nitrogens is 4. The minimum absolute atomic E-state index is 0.651. The zero-order chi connectivity index (χ0) is 14.1. The molecular formula is C15H12N4O2. The van der Waals surface area contributed by atoms with E-state index >= 15 is 0 Å². The Hall–Kier alpha value is -2.76. The van der Waals surface area contributed by atoms with Crippen LogP contribution in [0.15, 0.2) is 45.5 Å². The summed E-state index contributed by atoms with van der Waals surface area (Å²) in [7, 11) is 0. The molecule has 21 heavy (non-hydrogen) atoms. The molecule has 4 aromatic heterocycles. The SMILES string of the molecule is c1cnc2nc(CCCc3nc4ncccc4o3)oc2c1. The van der Waals surface area contributed by atoms with Crippen molar-refractivity contribution in [3.8, 4) is 0 Å². The summed E-state index contributed by atoms with van der Waals surface area (Å²) in [5, 5.41) is 0. The number of hydrogen-bond donors (Lipinski definition) is 0. The van der Waals surface area contributed by atoms with E-state index < -0.39 is 0 Å². The number of fused-ring (bicyclic) bond motifs is 2. The van der Waals surface area contributed by atoms with Crippen molar-refractivity contribution < 1.29 is 8.83 Å². The molecule has 4 aromatic rings. The lowest BCUT2D eigenvalue weighted by Gasteiger charge is -1.93. The van der Waals surface area contributed by atoms with Crippen LogP contribution in [0, 0.1) is 0 Å². The van der Waals surface area contributed by atoms with E-state index in [0.717, 1.165) is 30.4 Å². The van der Waals surface area contributed by atoms with Crippen LogP contribution in [-0.4, -0.2) is 19.9 Å². The number of aryl methyl sites for hydroxylation is 2. The highest BCUT2D eigenvalue weighted by molar-refractivity contribution is 5.67. The van der Waals surface area contributed by atoms with Crippen LogP contribution in [0.1, 0.15) is 18.2 Å². The first-order valence-corrected chi connectivity index (χ1v) is 6.79. The van der Waals surface area contributed by atoms with E-state index in [2.05, 4.69) is 19.9 Å². The Morgan fingerprint density at radius 3 is 1.76 bits per heavy atom. The van der Waals surface area contributed by atoms with E-state index in [-0.39, 0.29) is 0 Å². The maximum Gasteiger partial charge on any atom is 0.198 e. The van der Waals surface area contributed by atoms with Crippen LogP contribution >= 0.6 is 0 Å². The van der Waals surface area contributed by atoms with Gasteiger partial charge in [0.2, 0.25) is 0 Å². The summed E-state index contributed by atoms with van der Waals surface area (Å²) in [4.78, 5) is 17.0. The second-order valence-electron chi connectivity index (χ2n) is 4.72. The van der Waals surface area contributed by atoms with Crippen LogP contribution in [0.25, 0.3) is 22.5 Å². The third-order valence-corrected chi connectivity index (χ3v) is 3.20. The molecule has 0 unspecified atom stereocenters. The van der Waals surface area contributed by atoms with Crippen LogP contribution < -0.4 is 0 Å². The quantitative estimate of drug-likeness (QED) is 0.572. The molecular weight excluding hydrogens is 268 g/mol. The van der Waals surface area contributed by atoms with Gasteiger partial charge in [-0.15, -0.1) is 0 Å². The van der Waals surface area contributed by atoms with Gasteiger partial charge in [-0.2, -0.15) is 9.97 Å². The van der Waals surface area contributed by atoms with Crippen molar-refractivity contribution in [1.29, 1.82) is 0 Å². The molecule has 0 aliphatic rings. The predicted octanol–water partition coefficient (Wildman–Crippen LogP) is 2.93. The molecule has 0 atom stereocenters. The first-order chi connectivity index (χ1) is 10.4. The van der Waals surface area contributed by atoms with Crippen molar-refractivity contribution >= 4 is 22.5 Å². The molecule has 0 saturated heterocycles. The fourth-order valence-electron chi connectivity index (χ4n) is 2.23. The third kappa shape index (κ3) is 2.35. The maximum atomic E-state index is 5.63. The fourth-order valence-corrected chi connectivity index (χ4v) is 2.23.